The minimum Gasteiger partial charge on any atom is -0.462 e. The highest BCUT2D eigenvalue weighted by atomic mass is 32.2. The minimum atomic E-state index is -4.41. The Hall–Kier alpha value is -1.58. The summed E-state index contributed by atoms with van der Waals surface area (Å²) in [6.45, 7) is 0.859. The van der Waals surface area contributed by atoms with Crippen LogP contribution in [0, 0.1) is 0 Å². The highest BCUT2D eigenvalue weighted by Crippen LogP contribution is 2.45. The SMILES string of the molecule is CC(=O)OC[C@H](COP(=O)(O)OCC[N+](C)(C)C)OC(=O)/C=C/CCCCC[C@H]1O[C@]2(CCCCCCCCCCCCCCOC[C@H](CO)NS(=O)(=O)O)CC[C@@H](O)[C@@H]1O2. The third kappa shape index (κ3) is 27.4. The van der Waals surface area contributed by atoms with Gasteiger partial charge in [0.15, 0.2) is 11.9 Å². The largest absolute Gasteiger partial charge is 0.472 e. The first-order chi connectivity index (χ1) is 28.8. The molecule has 20 heteroatoms. The van der Waals surface area contributed by atoms with Crippen LogP contribution in [0.3, 0.4) is 0 Å². The second-order valence-electron chi connectivity index (χ2n) is 17.3. The molecule has 358 valence electrons. The van der Waals surface area contributed by atoms with E-state index in [9.17, 15) is 32.6 Å². The van der Waals surface area contributed by atoms with Crippen molar-refractivity contribution < 1.29 is 79.4 Å². The number of fused-ring (bicyclic) bond motifs is 2. The van der Waals surface area contributed by atoms with Crippen molar-refractivity contribution in [1.29, 1.82) is 0 Å². The summed E-state index contributed by atoms with van der Waals surface area (Å²) in [7, 11) is -3.05. The molecule has 0 saturated carbocycles. The Morgan fingerprint density at radius 1 is 0.885 bits per heavy atom. The number of phosphoric ester groups is 1. The maximum absolute atomic E-state index is 12.5. The highest BCUT2D eigenvalue weighted by Gasteiger charge is 2.52. The summed E-state index contributed by atoms with van der Waals surface area (Å²) in [4.78, 5) is 33.8. The van der Waals surface area contributed by atoms with Crippen LogP contribution in [0.5, 0.6) is 0 Å². The predicted molar refractivity (Wildman–Crippen MR) is 227 cm³/mol. The summed E-state index contributed by atoms with van der Waals surface area (Å²) in [5.41, 5.74) is 0. The number of hydrogen-bond acceptors (Lipinski definition) is 14. The zero-order valence-electron chi connectivity index (χ0n) is 37.1. The van der Waals surface area contributed by atoms with Crippen LogP contribution in [-0.2, 0) is 57.2 Å². The highest BCUT2D eigenvalue weighted by molar-refractivity contribution is 7.83. The van der Waals surface area contributed by atoms with Crippen LogP contribution in [-0.4, -0.2) is 148 Å². The molecule has 61 heavy (non-hydrogen) atoms. The number of aliphatic hydroxyl groups is 2. The van der Waals surface area contributed by atoms with Gasteiger partial charge in [-0.1, -0.05) is 83.1 Å². The zero-order chi connectivity index (χ0) is 45.2. The number of nitrogens with one attached hydrogen (secondary N) is 1. The Balaban J connectivity index is 1.54. The van der Waals surface area contributed by atoms with E-state index in [1.807, 2.05) is 25.9 Å². The zero-order valence-corrected chi connectivity index (χ0v) is 38.8. The molecule has 0 aromatic rings. The number of quaternary nitrogens is 1. The lowest BCUT2D eigenvalue weighted by Gasteiger charge is -2.33. The van der Waals surface area contributed by atoms with Crippen molar-refractivity contribution in [3.63, 3.8) is 0 Å². The van der Waals surface area contributed by atoms with E-state index in [0.717, 1.165) is 64.2 Å². The van der Waals surface area contributed by atoms with Gasteiger partial charge in [0.25, 0.3) is 0 Å². The number of likely N-dealkylation sites (N-methyl/N-ethyl adjacent to an activating group) is 1. The summed E-state index contributed by atoms with van der Waals surface area (Å²) in [6, 6.07) is -0.850. The van der Waals surface area contributed by atoms with Crippen molar-refractivity contribution in [1.82, 2.24) is 4.72 Å². The fourth-order valence-electron chi connectivity index (χ4n) is 7.20. The molecule has 0 aromatic carbocycles. The molecule has 2 bridgehead atoms. The molecule has 0 aromatic heterocycles. The summed E-state index contributed by atoms with van der Waals surface area (Å²) in [5.74, 6) is -1.90. The molecule has 2 saturated heterocycles. The quantitative estimate of drug-likeness (QED) is 0.0133. The van der Waals surface area contributed by atoms with Crippen LogP contribution in [0.15, 0.2) is 12.2 Å². The molecule has 2 fully saturated rings. The molecule has 1 unspecified atom stereocenters. The number of carbonyl (C=O) groups is 2. The first-order valence-corrected chi connectivity index (χ1v) is 25.2. The summed E-state index contributed by atoms with van der Waals surface area (Å²) < 4.78 is 83.6. The number of rotatable bonds is 37. The predicted octanol–water partition coefficient (Wildman–Crippen LogP) is 5.28. The Bertz CT molecular complexity index is 1420. The van der Waals surface area contributed by atoms with Gasteiger partial charge in [-0.3, -0.25) is 18.4 Å². The summed E-state index contributed by atoms with van der Waals surface area (Å²) >= 11 is 0. The van der Waals surface area contributed by atoms with Crippen LogP contribution in [0.1, 0.15) is 135 Å². The number of aliphatic hydroxyl groups excluding tert-OH is 2. The van der Waals surface area contributed by atoms with E-state index < -0.39 is 67.3 Å². The Labute approximate surface area is 364 Å². The first-order valence-electron chi connectivity index (χ1n) is 22.2. The van der Waals surface area contributed by atoms with E-state index in [0.29, 0.717) is 36.9 Å². The molecule has 0 amide bonds. The molecule has 2 rings (SSSR count). The van der Waals surface area contributed by atoms with Crippen molar-refractivity contribution in [2.24, 2.45) is 0 Å². The van der Waals surface area contributed by atoms with E-state index >= 15 is 0 Å². The van der Waals surface area contributed by atoms with Crippen molar-refractivity contribution in [3.8, 4) is 0 Å². The van der Waals surface area contributed by atoms with Gasteiger partial charge in [-0.15, -0.1) is 0 Å². The van der Waals surface area contributed by atoms with Crippen molar-refractivity contribution >= 4 is 30.1 Å². The minimum absolute atomic E-state index is 0.0130. The molecule has 0 spiro atoms. The number of phosphoric acid groups is 1. The second-order valence-corrected chi connectivity index (χ2v) is 19.9. The fourth-order valence-corrected chi connectivity index (χ4v) is 8.51. The molecule has 2 aliphatic heterocycles. The van der Waals surface area contributed by atoms with Crippen LogP contribution in [0.2, 0.25) is 0 Å². The number of carbonyl (C=O) groups excluding carboxylic acids is 2. The van der Waals surface area contributed by atoms with Gasteiger partial charge in [0.1, 0.15) is 25.9 Å². The Morgan fingerprint density at radius 3 is 2.11 bits per heavy atom. The van der Waals surface area contributed by atoms with Gasteiger partial charge >= 0.3 is 30.1 Å². The third-order valence-corrected chi connectivity index (χ3v) is 12.2. The average molecular weight is 918 g/mol. The number of allylic oxidation sites excluding steroid dienone is 1. The fraction of sp³-hybridized carbons (Fsp3) is 0.902. The first kappa shape index (κ1) is 55.6. The molecule has 0 aliphatic carbocycles. The molecule has 2 heterocycles. The van der Waals surface area contributed by atoms with Crippen LogP contribution in [0.25, 0.3) is 0 Å². The van der Waals surface area contributed by atoms with E-state index in [2.05, 4.69) is 0 Å². The maximum atomic E-state index is 12.5. The van der Waals surface area contributed by atoms with Gasteiger partial charge in [0, 0.05) is 32.4 Å². The molecule has 7 atom stereocenters. The summed E-state index contributed by atoms with van der Waals surface area (Å²) in [5, 5.41) is 19.8. The molecule has 2 aliphatic rings. The van der Waals surface area contributed by atoms with Crippen LogP contribution >= 0.6 is 7.82 Å². The lowest BCUT2D eigenvalue weighted by atomic mass is 9.94. The van der Waals surface area contributed by atoms with E-state index in [4.69, 9.17) is 42.4 Å². The van der Waals surface area contributed by atoms with E-state index in [1.165, 1.54) is 57.9 Å². The lowest BCUT2D eigenvalue weighted by molar-refractivity contribution is -0.870. The standard InChI is InChI=1S/C41H77N2O16PS/c1-34(45)54-32-36(33-56-60(48,49)55-29-27-43(2,3)4)57-39(47)23-19-15-13-14-18-22-38-40-37(46)24-26-41(58-38,59-40)25-20-16-11-9-7-5-6-8-10-12-17-21-28-53-31-35(30-44)42-61(50,51)52/h19,23,35-38,40,42,44,46H,5-18,20-22,24-33H2,1-4H3,(H-,48,49,50,51,52)/p+1/b23-19+/t35-,36+,37+,38+,40-,41-/m0/s1. The van der Waals surface area contributed by atoms with E-state index in [1.54, 1.807) is 6.08 Å². The lowest BCUT2D eigenvalue weighted by Crippen LogP contribution is -2.41. The smallest absolute Gasteiger partial charge is 0.462 e. The summed E-state index contributed by atoms with van der Waals surface area (Å²) in [6.07, 6.45) is 20.7. The van der Waals surface area contributed by atoms with Gasteiger partial charge in [0.05, 0.1) is 59.2 Å². The van der Waals surface area contributed by atoms with Crippen molar-refractivity contribution in [2.75, 3.05) is 67.3 Å². The topological polar surface area (TPSA) is 243 Å². The monoisotopic (exact) mass is 917 g/mol. The molecule has 0 radical (unpaired) electrons. The van der Waals surface area contributed by atoms with Crippen molar-refractivity contribution in [2.45, 2.75) is 172 Å². The van der Waals surface area contributed by atoms with Gasteiger partial charge in [-0.05, 0) is 38.5 Å². The third-order valence-electron chi connectivity index (χ3n) is 10.5. The number of unbranched alkanes of at least 4 members (excludes halogenated alkanes) is 14. The molecule has 18 nitrogen and oxygen atoms in total. The molecular weight excluding hydrogens is 839 g/mol. The normalized spacial score (nSPS) is 22.6. The van der Waals surface area contributed by atoms with Crippen LogP contribution < -0.4 is 4.72 Å². The number of esters is 2. The average Bonchev–Trinajstić information content (AvgIpc) is 3.48. The number of nitrogens with zero attached hydrogens (tertiary/aromatic N) is 1. The van der Waals surface area contributed by atoms with Crippen LogP contribution in [0.4, 0.5) is 0 Å². The number of ether oxygens (including phenoxy) is 5. The van der Waals surface area contributed by atoms with Gasteiger partial charge in [0.2, 0.25) is 0 Å². The molecular formula is C41H78N2O16PS+. The maximum Gasteiger partial charge on any atom is 0.472 e. The Kier molecular flexibility index (Phi) is 27.1. The van der Waals surface area contributed by atoms with Gasteiger partial charge in [-0.25, -0.2) is 9.36 Å². The van der Waals surface area contributed by atoms with Gasteiger partial charge < -0.3 is 43.3 Å². The van der Waals surface area contributed by atoms with Crippen molar-refractivity contribution in [3.05, 3.63) is 12.2 Å². The number of hydrogen-bond donors (Lipinski definition) is 5. The van der Waals surface area contributed by atoms with Gasteiger partial charge in [-0.2, -0.15) is 13.1 Å². The second kappa shape index (κ2) is 29.8. The van der Waals surface area contributed by atoms with E-state index in [-0.39, 0.29) is 32.0 Å². The Morgan fingerprint density at radius 2 is 1.51 bits per heavy atom. The molecule has 5 N–H and O–H groups in total.